The van der Waals surface area contributed by atoms with Crippen LogP contribution in [0.4, 0.5) is 0 Å². The van der Waals surface area contributed by atoms with Crippen molar-refractivity contribution in [1.82, 2.24) is 9.44 Å². The SMILES string of the molecule is CC(C)(C)NS(=O)(=O)c1ccccc1-c1ccc(S(=O)(=O)NCCc2cc[c]cc2C#N)cc1. The number of sulfonamides is 2. The van der Waals surface area contributed by atoms with Crippen LogP contribution in [0.25, 0.3) is 11.1 Å². The summed E-state index contributed by atoms with van der Waals surface area (Å²) in [4.78, 5) is 0.179. The van der Waals surface area contributed by atoms with Gasteiger partial charge in [-0.1, -0.05) is 42.5 Å². The minimum atomic E-state index is -3.79. The second-order valence-electron chi connectivity index (χ2n) is 8.72. The molecule has 0 amide bonds. The number of hydrogen-bond donors (Lipinski definition) is 2. The second kappa shape index (κ2) is 10.1. The molecule has 3 rings (SSSR count). The van der Waals surface area contributed by atoms with Crippen LogP contribution in [0.1, 0.15) is 31.9 Å². The Hall–Kier alpha value is -3.03. The van der Waals surface area contributed by atoms with Crippen molar-refractivity contribution >= 4 is 20.0 Å². The van der Waals surface area contributed by atoms with Crippen molar-refractivity contribution < 1.29 is 16.8 Å². The second-order valence-corrected chi connectivity index (χ2v) is 12.1. The molecule has 0 bridgehead atoms. The largest absolute Gasteiger partial charge is 0.241 e. The highest BCUT2D eigenvalue weighted by molar-refractivity contribution is 7.90. The van der Waals surface area contributed by atoms with Gasteiger partial charge in [-0.3, -0.25) is 0 Å². The van der Waals surface area contributed by atoms with Gasteiger partial charge in [-0.2, -0.15) is 5.26 Å². The molecule has 0 saturated heterocycles. The normalized spacial score (nSPS) is 12.3. The fraction of sp³-hybridized carbons (Fsp3) is 0.240. The van der Waals surface area contributed by atoms with E-state index in [2.05, 4.69) is 21.6 Å². The number of hydrogen-bond acceptors (Lipinski definition) is 5. The minimum Gasteiger partial charge on any atom is -0.211 e. The van der Waals surface area contributed by atoms with Gasteiger partial charge in [0.2, 0.25) is 20.0 Å². The molecule has 177 valence electrons. The Bertz CT molecular complexity index is 1420. The van der Waals surface area contributed by atoms with E-state index in [0.717, 1.165) is 5.56 Å². The molecule has 3 aromatic rings. The van der Waals surface area contributed by atoms with E-state index >= 15 is 0 Å². The van der Waals surface area contributed by atoms with Crippen LogP contribution in [-0.2, 0) is 26.5 Å². The molecule has 9 heteroatoms. The van der Waals surface area contributed by atoms with E-state index in [1.165, 1.54) is 18.2 Å². The number of nitriles is 1. The van der Waals surface area contributed by atoms with Crippen LogP contribution in [0.5, 0.6) is 0 Å². The molecular weight excluding hydrogens is 470 g/mol. The highest BCUT2D eigenvalue weighted by Gasteiger charge is 2.25. The first-order valence-corrected chi connectivity index (χ1v) is 13.5. The van der Waals surface area contributed by atoms with Crippen molar-refractivity contribution in [1.29, 1.82) is 5.26 Å². The van der Waals surface area contributed by atoms with Crippen LogP contribution in [0, 0.1) is 17.4 Å². The predicted octanol–water partition coefficient (Wildman–Crippen LogP) is 3.62. The van der Waals surface area contributed by atoms with E-state index in [1.54, 1.807) is 69.3 Å². The summed E-state index contributed by atoms with van der Waals surface area (Å²) in [5, 5.41) is 9.15. The summed E-state index contributed by atoms with van der Waals surface area (Å²) in [6.45, 7) is 5.41. The Labute approximate surface area is 201 Å². The van der Waals surface area contributed by atoms with Crippen molar-refractivity contribution in [2.24, 2.45) is 0 Å². The quantitative estimate of drug-likeness (QED) is 0.494. The van der Waals surface area contributed by atoms with Gasteiger partial charge in [-0.25, -0.2) is 26.3 Å². The van der Waals surface area contributed by atoms with Crippen molar-refractivity contribution in [3.05, 3.63) is 83.9 Å². The Balaban J connectivity index is 1.80. The van der Waals surface area contributed by atoms with Crippen molar-refractivity contribution in [3.63, 3.8) is 0 Å². The average molecular weight is 497 g/mol. The molecule has 0 aliphatic carbocycles. The highest BCUT2D eigenvalue weighted by atomic mass is 32.2. The van der Waals surface area contributed by atoms with Gasteiger partial charge in [0.05, 0.1) is 21.4 Å². The van der Waals surface area contributed by atoms with Gasteiger partial charge in [0.15, 0.2) is 0 Å². The summed E-state index contributed by atoms with van der Waals surface area (Å²) in [5.74, 6) is 0. The third-order valence-corrected chi connectivity index (χ3v) is 8.15. The van der Waals surface area contributed by atoms with Crippen molar-refractivity contribution in [2.45, 2.75) is 42.5 Å². The summed E-state index contributed by atoms with van der Waals surface area (Å²) in [5.41, 5.74) is 1.59. The molecule has 0 spiro atoms. The van der Waals surface area contributed by atoms with Gasteiger partial charge in [-0.15, -0.1) is 0 Å². The lowest BCUT2D eigenvalue weighted by Gasteiger charge is -2.21. The third-order valence-electron chi connectivity index (χ3n) is 4.85. The van der Waals surface area contributed by atoms with Gasteiger partial charge in [0.1, 0.15) is 0 Å². The fourth-order valence-corrected chi connectivity index (χ4v) is 6.08. The van der Waals surface area contributed by atoms with Crippen LogP contribution < -0.4 is 9.44 Å². The van der Waals surface area contributed by atoms with Gasteiger partial charge < -0.3 is 0 Å². The van der Waals surface area contributed by atoms with E-state index in [0.29, 0.717) is 23.1 Å². The highest BCUT2D eigenvalue weighted by Crippen LogP contribution is 2.29. The lowest BCUT2D eigenvalue weighted by atomic mass is 10.1. The Morgan fingerprint density at radius 2 is 1.62 bits per heavy atom. The maximum atomic E-state index is 12.9. The van der Waals surface area contributed by atoms with E-state index in [-0.39, 0.29) is 16.3 Å². The lowest BCUT2D eigenvalue weighted by molar-refractivity contribution is 0.491. The number of rotatable bonds is 8. The molecule has 0 aliphatic rings. The maximum absolute atomic E-state index is 12.9. The fourth-order valence-electron chi connectivity index (χ4n) is 3.40. The summed E-state index contributed by atoms with van der Waals surface area (Å²) >= 11 is 0. The summed E-state index contributed by atoms with van der Waals surface area (Å²) in [7, 11) is -7.57. The third kappa shape index (κ3) is 6.30. The van der Waals surface area contributed by atoms with E-state index in [4.69, 9.17) is 5.26 Å². The maximum Gasteiger partial charge on any atom is 0.241 e. The Morgan fingerprint density at radius 1 is 0.941 bits per heavy atom. The van der Waals surface area contributed by atoms with Crippen molar-refractivity contribution in [3.8, 4) is 17.2 Å². The van der Waals surface area contributed by atoms with Crippen molar-refractivity contribution in [2.75, 3.05) is 6.54 Å². The smallest absolute Gasteiger partial charge is 0.211 e. The van der Waals surface area contributed by atoms with Gasteiger partial charge >= 0.3 is 0 Å². The van der Waals surface area contributed by atoms with E-state index < -0.39 is 25.6 Å². The van der Waals surface area contributed by atoms with Gasteiger partial charge in [0.25, 0.3) is 0 Å². The number of benzene rings is 3. The standard InChI is InChI=1S/C25H26N3O4S2/c1-25(2,3)28-34(31,32)24-11-7-6-10-23(24)20-12-14-22(15-13-20)33(29,30)27-17-16-19-8-4-5-9-21(19)18-26/h4,6-15,27-28H,16-17H2,1-3H3. The molecule has 0 aromatic heterocycles. The van der Waals surface area contributed by atoms with E-state index in [1.807, 2.05) is 0 Å². The average Bonchev–Trinajstić information content (AvgIpc) is 2.78. The van der Waals surface area contributed by atoms with Crippen LogP contribution in [0.2, 0.25) is 0 Å². The Kier molecular flexibility index (Phi) is 7.58. The number of nitrogens with one attached hydrogen (secondary N) is 2. The summed E-state index contributed by atoms with van der Waals surface area (Å²) in [6, 6.07) is 22.5. The summed E-state index contributed by atoms with van der Waals surface area (Å²) < 4.78 is 56.4. The lowest BCUT2D eigenvalue weighted by Crippen LogP contribution is -2.40. The molecule has 0 heterocycles. The molecule has 0 aliphatic heterocycles. The molecule has 0 unspecified atom stereocenters. The minimum absolute atomic E-state index is 0.0614. The van der Waals surface area contributed by atoms with Crippen LogP contribution >= 0.6 is 0 Å². The molecular formula is C25H26N3O4S2. The molecule has 7 nitrogen and oxygen atoms in total. The molecule has 0 saturated carbocycles. The first-order valence-electron chi connectivity index (χ1n) is 10.6. The molecule has 0 atom stereocenters. The Morgan fingerprint density at radius 3 is 2.26 bits per heavy atom. The summed E-state index contributed by atoms with van der Waals surface area (Å²) in [6.07, 6.45) is 0.362. The van der Waals surface area contributed by atoms with Crippen LogP contribution in [-0.4, -0.2) is 28.9 Å². The molecule has 1 radical (unpaired) electrons. The monoisotopic (exact) mass is 496 g/mol. The molecule has 0 fully saturated rings. The first-order chi connectivity index (χ1) is 15.9. The molecule has 2 N–H and O–H groups in total. The van der Waals surface area contributed by atoms with Crippen LogP contribution in [0.15, 0.2) is 76.5 Å². The van der Waals surface area contributed by atoms with E-state index in [9.17, 15) is 16.8 Å². The zero-order chi connectivity index (χ0) is 25.0. The zero-order valence-electron chi connectivity index (χ0n) is 19.2. The molecule has 34 heavy (non-hydrogen) atoms. The van der Waals surface area contributed by atoms with Crippen LogP contribution in [0.3, 0.4) is 0 Å². The topological polar surface area (TPSA) is 116 Å². The first kappa shape index (κ1) is 25.6. The molecule has 3 aromatic carbocycles. The van der Waals surface area contributed by atoms with Gasteiger partial charge in [0, 0.05) is 17.6 Å². The zero-order valence-corrected chi connectivity index (χ0v) is 20.8. The predicted molar refractivity (Wildman–Crippen MR) is 131 cm³/mol. The number of nitrogens with zero attached hydrogens (tertiary/aromatic N) is 1. The van der Waals surface area contributed by atoms with Gasteiger partial charge in [-0.05, 0) is 68.7 Å².